The maximum Gasteiger partial charge on any atom is 0.166 e. The molecule has 0 bridgehead atoms. The third-order valence-electron chi connectivity index (χ3n) is 16.7. The van der Waals surface area contributed by atoms with Crippen molar-refractivity contribution in [3.63, 3.8) is 0 Å². The van der Waals surface area contributed by atoms with Gasteiger partial charge in [-0.1, -0.05) is 196 Å². The Morgan fingerprint density at radius 2 is 0.917 bits per heavy atom. The Balaban J connectivity index is 0.960. The standard InChI is InChI=1S/C75H48N8O/c1-75(2)59-30-16-12-26-51(59)52-37-36-50(44-60(52)75)82-62-32-18-14-29-56(62)67-64(82)40-38-55-53-27-13-17-31-61(53)83(68(55)67)63-39-34-48(43-58(63)74-80-70(46-22-8-4-9-23-46)76-71(81-74)47-24-10-5-11-25-47)72-77-69(45-20-6-3-7-21-45)78-73(79-72)49-35-41-66-57(42-49)54-28-15-19-33-65(54)84-66/h3-44H,1-2H3/i3D,6D,7D,20D,21D. The van der Waals surface area contributed by atoms with Gasteiger partial charge in [-0.05, 0) is 95.1 Å². The van der Waals surface area contributed by atoms with Crippen LogP contribution in [0.1, 0.15) is 31.8 Å². The van der Waals surface area contributed by atoms with Crippen molar-refractivity contribution in [3.05, 3.63) is 266 Å². The van der Waals surface area contributed by atoms with E-state index >= 15 is 0 Å². The van der Waals surface area contributed by atoms with Crippen LogP contribution in [0.2, 0.25) is 0 Å². The fourth-order valence-corrected chi connectivity index (χ4v) is 12.8. The molecular weight excluding hydrogens is 1030 g/mol. The third kappa shape index (κ3) is 7.35. The molecule has 5 heterocycles. The zero-order valence-electron chi connectivity index (χ0n) is 50.3. The van der Waals surface area contributed by atoms with E-state index in [0.29, 0.717) is 39.7 Å². The Labute approximate surface area is 489 Å². The molecule has 0 spiro atoms. The van der Waals surface area contributed by atoms with Crippen molar-refractivity contribution in [1.82, 2.24) is 39.0 Å². The summed E-state index contributed by atoms with van der Waals surface area (Å²) in [4.78, 5) is 31.2. The molecule has 5 aromatic heterocycles. The number of rotatable bonds is 8. The first-order chi connectivity index (χ1) is 43.5. The van der Waals surface area contributed by atoms with E-state index in [-0.39, 0.29) is 28.5 Å². The van der Waals surface area contributed by atoms with Crippen LogP contribution in [0.5, 0.6) is 0 Å². The Morgan fingerprint density at radius 3 is 1.65 bits per heavy atom. The molecule has 0 saturated carbocycles. The lowest BCUT2D eigenvalue weighted by atomic mass is 9.82. The van der Waals surface area contributed by atoms with Gasteiger partial charge in [-0.3, -0.25) is 0 Å². The highest BCUT2D eigenvalue weighted by Gasteiger charge is 2.36. The van der Waals surface area contributed by atoms with Crippen LogP contribution in [0.4, 0.5) is 0 Å². The Hall–Kier alpha value is -11.2. The van der Waals surface area contributed by atoms with Gasteiger partial charge >= 0.3 is 0 Å². The summed E-state index contributed by atoms with van der Waals surface area (Å²) in [6.07, 6.45) is 0. The molecule has 84 heavy (non-hydrogen) atoms. The van der Waals surface area contributed by atoms with Crippen molar-refractivity contribution in [2.45, 2.75) is 19.3 Å². The number of nitrogens with zero attached hydrogens (tertiary/aromatic N) is 8. The van der Waals surface area contributed by atoms with Gasteiger partial charge in [0.15, 0.2) is 34.9 Å². The van der Waals surface area contributed by atoms with Crippen LogP contribution in [-0.2, 0) is 5.41 Å². The van der Waals surface area contributed by atoms with Crippen molar-refractivity contribution >= 4 is 65.6 Å². The summed E-state index contributed by atoms with van der Waals surface area (Å²) in [7, 11) is 0. The summed E-state index contributed by atoms with van der Waals surface area (Å²) >= 11 is 0. The second kappa shape index (κ2) is 18.4. The van der Waals surface area contributed by atoms with Crippen LogP contribution in [0.3, 0.4) is 0 Å². The van der Waals surface area contributed by atoms with E-state index in [2.05, 4.69) is 132 Å². The summed E-state index contributed by atoms with van der Waals surface area (Å²) in [5.41, 5.74) is 15.3. The highest BCUT2D eigenvalue weighted by molar-refractivity contribution is 6.26. The van der Waals surface area contributed by atoms with Gasteiger partial charge in [-0.25, -0.2) is 29.9 Å². The number of fused-ring (bicyclic) bond motifs is 13. The van der Waals surface area contributed by atoms with Crippen molar-refractivity contribution in [1.29, 1.82) is 0 Å². The largest absolute Gasteiger partial charge is 0.456 e. The fraction of sp³-hybridized carbons (Fsp3) is 0.0400. The third-order valence-corrected chi connectivity index (χ3v) is 16.7. The molecule has 0 aliphatic heterocycles. The zero-order chi connectivity index (χ0) is 60.0. The van der Waals surface area contributed by atoms with Crippen LogP contribution >= 0.6 is 0 Å². The predicted molar refractivity (Wildman–Crippen MR) is 339 cm³/mol. The van der Waals surface area contributed by atoms with Gasteiger partial charge in [0, 0.05) is 76.8 Å². The molecule has 0 atom stereocenters. The van der Waals surface area contributed by atoms with Gasteiger partial charge < -0.3 is 13.6 Å². The number of furan rings is 1. The van der Waals surface area contributed by atoms with Crippen molar-refractivity contribution < 1.29 is 11.3 Å². The molecule has 0 radical (unpaired) electrons. The Bertz CT molecular complexity index is 5590. The minimum atomic E-state index is -0.525. The summed E-state index contributed by atoms with van der Waals surface area (Å²) < 4.78 is 55.4. The van der Waals surface area contributed by atoms with Gasteiger partial charge in [0.05, 0.1) is 34.6 Å². The highest BCUT2D eigenvalue weighted by atomic mass is 16.3. The molecule has 17 rings (SSSR count). The molecule has 0 unspecified atom stereocenters. The minimum absolute atomic E-state index is 0.0969. The average molecular weight is 1080 g/mol. The van der Waals surface area contributed by atoms with E-state index in [1.807, 2.05) is 115 Å². The lowest BCUT2D eigenvalue weighted by Crippen LogP contribution is -2.15. The van der Waals surface area contributed by atoms with Gasteiger partial charge in [-0.15, -0.1) is 0 Å². The molecule has 11 aromatic carbocycles. The zero-order valence-corrected chi connectivity index (χ0v) is 45.3. The van der Waals surface area contributed by atoms with Crippen LogP contribution in [0, 0.1) is 0 Å². The first-order valence-corrected chi connectivity index (χ1v) is 27.9. The number of hydrogen-bond donors (Lipinski definition) is 0. The second-order valence-electron chi connectivity index (χ2n) is 21.8. The molecule has 0 fully saturated rings. The van der Waals surface area contributed by atoms with E-state index in [0.717, 1.165) is 82.5 Å². The van der Waals surface area contributed by atoms with Crippen LogP contribution in [0.25, 0.3) is 156 Å². The molecule has 394 valence electrons. The average Bonchev–Trinajstić information content (AvgIpc) is 1.60. The maximum atomic E-state index is 9.18. The van der Waals surface area contributed by atoms with Crippen molar-refractivity contribution in [2.75, 3.05) is 0 Å². The Morgan fingerprint density at radius 1 is 0.357 bits per heavy atom. The first-order valence-electron chi connectivity index (χ1n) is 30.4. The second-order valence-corrected chi connectivity index (χ2v) is 21.8. The number of hydrogen-bond acceptors (Lipinski definition) is 7. The lowest BCUT2D eigenvalue weighted by Gasteiger charge is -2.22. The van der Waals surface area contributed by atoms with Crippen molar-refractivity contribution in [3.8, 4) is 90.8 Å². The molecule has 9 nitrogen and oxygen atoms in total. The van der Waals surface area contributed by atoms with Crippen LogP contribution < -0.4 is 0 Å². The van der Waals surface area contributed by atoms with Crippen molar-refractivity contribution in [2.24, 2.45) is 0 Å². The van der Waals surface area contributed by atoms with Gasteiger partial charge in [-0.2, -0.15) is 0 Å². The van der Waals surface area contributed by atoms with Gasteiger partial charge in [0.25, 0.3) is 0 Å². The predicted octanol–water partition coefficient (Wildman–Crippen LogP) is 18.5. The highest BCUT2D eigenvalue weighted by Crippen LogP contribution is 2.50. The number of para-hydroxylation sites is 3. The minimum Gasteiger partial charge on any atom is -0.456 e. The molecule has 0 saturated heterocycles. The monoisotopic (exact) mass is 1080 g/mol. The lowest BCUT2D eigenvalue weighted by molar-refractivity contribution is 0.660. The fourth-order valence-electron chi connectivity index (χ4n) is 12.8. The van der Waals surface area contributed by atoms with Crippen LogP contribution in [0.15, 0.2) is 259 Å². The van der Waals surface area contributed by atoms with Crippen LogP contribution in [-0.4, -0.2) is 39.0 Å². The van der Waals surface area contributed by atoms with E-state index in [1.165, 1.54) is 22.3 Å². The van der Waals surface area contributed by atoms with E-state index in [4.69, 9.17) is 38.4 Å². The van der Waals surface area contributed by atoms with E-state index < -0.39 is 30.2 Å². The van der Waals surface area contributed by atoms with E-state index in [9.17, 15) is 2.74 Å². The molecule has 1 aliphatic carbocycles. The number of benzene rings is 11. The Kier molecular flexibility index (Phi) is 9.37. The molecule has 0 amide bonds. The SMILES string of the molecule is [2H]c1c([2H])c([2H])c(-c2nc(-c3ccc(-n4c5ccccc5c5ccc6c(c7ccccc7n6-c6ccc7c(c6)C(C)(C)c6ccccc6-7)c54)c(-c4nc(-c5ccccc5)nc(-c5ccccc5)n4)c3)nc(-c3ccc4oc5ccccc5c4c3)n2)c([2H])c1[2H]. The molecule has 1 aliphatic rings. The summed E-state index contributed by atoms with van der Waals surface area (Å²) in [6.45, 7) is 4.64. The molecule has 9 heteroatoms. The van der Waals surface area contributed by atoms with E-state index in [1.54, 1.807) is 0 Å². The molecule has 0 N–H and O–H groups in total. The first kappa shape index (κ1) is 42.7. The molecule has 16 aromatic rings. The smallest absolute Gasteiger partial charge is 0.166 e. The maximum absolute atomic E-state index is 9.18. The number of aromatic nitrogens is 8. The van der Waals surface area contributed by atoms with Gasteiger partial charge in [0.2, 0.25) is 0 Å². The topological polar surface area (TPSA) is 100 Å². The summed E-state index contributed by atoms with van der Waals surface area (Å²) in [5.74, 6) is 1.59. The molecular formula is C75H48N8O. The van der Waals surface area contributed by atoms with Gasteiger partial charge in [0.1, 0.15) is 11.2 Å². The normalized spacial score (nSPS) is 13.6. The quantitative estimate of drug-likeness (QED) is 0.149. The summed E-state index contributed by atoms with van der Waals surface area (Å²) in [5, 5.41) is 5.97. The summed E-state index contributed by atoms with van der Waals surface area (Å²) in [6, 6.07) is 74.1.